The molecule has 32 heavy (non-hydrogen) atoms. The number of rotatable bonds is 3. The predicted octanol–water partition coefficient (Wildman–Crippen LogP) is 4.08. The smallest absolute Gasteiger partial charge is 0.287 e. The molecule has 3 aromatic rings. The zero-order chi connectivity index (χ0) is 22.2. The Kier molecular flexibility index (Phi) is 5.33. The highest BCUT2D eigenvalue weighted by atomic mass is 19.1. The second-order valence-corrected chi connectivity index (χ2v) is 8.50. The zero-order valence-electron chi connectivity index (χ0n) is 17.3. The van der Waals surface area contributed by atoms with Crippen LogP contribution in [0.3, 0.4) is 0 Å². The summed E-state index contributed by atoms with van der Waals surface area (Å²) in [4.78, 5) is 17.3. The van der Waals surface area contributed by atoms with Crippen molar-refractivity contribution < 1.29 is 14.4 Å². The maximum absolute atomic E-state index is 13.4. The Balaban J connectivity index is 1.37. The fourth-order valence-electron chi connectivity index (χ4n) is 5.08. The lowest BCUT2D eigenvalue weighted by atomic mass is 9.73. The minimum Gasteiger partial charge on any atom is -0.387 e. The number of aromatic nitrogens is 1. The lowest BCUT2D eigenvalue weighted by Crippen LogP contribution is -2.55. The molecule has 162 valence electrons. The molecule has 3 fully saturated rings. The molecule has 5 atom stereocenters. The standard InChI is InChI=1S/C25H22FN3O3/c26-19-8-7-16(23(14-19)29(31)32)5-6-18-15-28-12-10-17(18)13-24(28)25(30)21-9-11-27-22-4-2-1-3-20(21)22/h1-4,7-9,11,14,17-18,24-25,30H,10,12-13,15H2/t17-,18-,24-,25+/m0/s1. The summed E-state index contributed by atoms with van der Waals surface area (Å²) in [5.74, 6) is 5.84. The lowest BCUT2D eigenvalue weighted by Gasteiger charge is -2.50. The zero-order valence-corrected chi connectivity index (χ0v) is 17.3. The van der Waals surface area contributed by atoms with E-state index in [0.717, 1.165) is 41.9 Å². The van der Waals surface area contributed by atoms with Gasteiger partial charge < -0.3 is 5.11 Å². The third-order valence-electron chi connectivity index (χ3n) is 6.72. The first-order valence-electron chi connectivity index (χ1n) is 10.7. The summed E-state index contributed by atoms with van der Waals surface area (Å²) in [7, 11) is 0. The quantitative estimate of drug-likeness (QED) is 0.384. The molecule has 2 bridgehead atoms. The van der Waals surface area contributed by atoms with Gasteiger partial charge in [-0.25, -0.2) is 4.39 Å². The van der Waals surface area contributed by atoms with Gasteiger partial charge in [-0.1, -0.05) is 30.0 Å². The summed E-state index contributed by atoms with van der Waals surface area (Å²) in [6, 6.07) is 13.2. The highest BCUT2D eigenvalue weighted by Gasteiger charge is 2.42. The van der Waals surface area contributed by atoms with Gasteiger partial charge in [0.15, 0.2) is 0 Å². The number of nitro groups is 1. The molecule has 6 nitrogen and oxygen atoms in total. The van der Waals surface area contributed by atoms with Crippen molar-refractivity contribution in [1.82, 2.24) is 9.88 Å². The first-order chi connectivity index (χ1) is 15.5. The van der Waals surface area contributed by atoms with Crippen LogP contribution in [0.5, 0.6) is 0 Å². The van der Waals surface area contributed by atoms with E-state index in [1.54, 1.807) is 6.20 Å². The number of benzene rings is 2. The molecule has 0 aliphatic carbocycles. The molecule has 0 saturated carbocycles. The molecule has 3 aliphatic heterocycles. The molecule has 1 unspecified atom stereocenters. The van der Waals surface area contributed by atoms with Gasteiger partial charge in [-0.15, -0.1) is 0 Å². The number of halogens is 1. The Hall–Kier alpha value is -3.34. The third kappa shape index (κ3) is 3.72. The van der Waals surface area contributed by atoms with Crippen LogP contribution < -0.4 is 0 Å². The van der Waals surface area contributed by atoms with Crippen molar-refractivity contribution in [2.45, 2.75) is 25.0 Å². The maximum Gasteiger partial charge on any atom is 0.287 e. The van der Waals surface area contributed by atoms with E-state index in [1.165, 1.54) is 12.1 Å². The summed E-state index contributed by atoms with van der Waals surface area (Å²) < 4.78 is 13.4. The van der Waals surface area contributed by atoms with Crippen LogP contribution in [0.2, 0.25) is 0 Å². The van der Waals surface area contributed by atoms with Gasteiger partial charge >= 0.3 is 0 Å². The highest BCUT2D eigenvalue weighted by Crippen LogP contribution is 2.41. The van der Waals surface area contributed by atoms with Crippen LogP contribution in [0.4, 0.5) is 10.1 Å². The fraction of sp³-hybridized carbons (Fsp3) is 0.320. The Bertz CT molecular complexity index is 1250. The topological polar surface area (TPSA) is 79.5 Å². The Labute approximate surface area is 184 Å². The number of nitrogens with zero attached hydrogens (tertiary/aromatic N) is 3. The van der Waals surface area contributed by atoms with Crippen LogP contribution in [0.1, 0.15) is 30.1 Å². The van der Waals surface area contributed by atoms with E-state index in [2.05, 4.69) is 21.7 Å². The number of pyridine rings is 1. The van der Waals surface area contributed by atoms with Crippen LogP contribution in [0.15, 0.2) is 54.7 Å². The number of fused-ring (bicyclic) bond motifs is 4. The summed E-state index contributed by atoms with van der Waals surface area (Å²) in [5.41, 5.74) is 1.67. The van der Waals surface area contributed by atoms with Gasteiger partial charge in [0, 0.05) is 30.1 Å². The molecule has 4 heterocycles. The number of para-hydroxylation sites is 1. The SMILES string of the molecule is O=[N+]([O-])c1cc(F)ccc1C#C[C@H]1CN2CC[C@H]1C[C@H]2[C@H](O)c1ccnc2ccccc12. The molecule has 0 spiro atoms. The van der Waals surface area contributed by atoms with Crippen LogP contribution in [-0.4, -0.2) is 39.0 Å². The molecule has 7 heteroatoms. The van der Waals surface area contributed by atoms with Crippen LogP contribution in [0.25, 0.3) is 10.9 Å². The molecule has 0 amide bonds. The summed E-state index contributed by atoms with van der Waals surface area (Å²) in [6.45, 7) is 1.60. The second-order valence-electron chi connectivity index (χ2n) is 8.50. The average Bonchev–Trinajstić information content (AvgIpc) is 2.82. The van der Waals surface area contributed by atoms with Crippen molar-refractivity contribution in [3.63, 3.8) is 0 Å². The number of nitro benzene ring substituents is 1. The van der Waals surface area contributed by atoms with Crippen molar-refractivity contribution in [2.24, 2.45) is 11.8 Å². The number of piperidine rings is 3. The molecular weight excluding hydrogens is 409 g/mol. The Morgan fingerprint density at radius 1 is 1.25 bits per heavy atom. The molecular formula is C25H22FN3O3. The van der Waals surface area contributed by atoms with E-state index in [9.17, 15) is 19.6 Å². The van der Waals surface area contributed by atoms with Gasteiger partial charge in [-0.3, -0.25) is 20.0 Å². The largest absolute Gasteiger partial charge is 0.387 e. The van der Waals surface area contributed by atoms with Gasteiger partial charge in [-0.05, 0) is 55.1 Å². The molecule has 3 aliphatic rings. The van der Waals surface area contributed by atoms with Crippen molar-refractivity contribution >= 4 is 16.6 Å². The minimum absolute atomic E-state index is 0.00207. The van der Waals surface area contributed by atoms with Crippen molar-refractivity contribution in [2.75, 3.05) is 13.1 Å². The second kappa shape index (κ2) is 8.30. The van der Waals surface area contributed by atoms with E-state index in [4.69, 9.17) is 0 Å². The van der Waals surface area contributed by atoms with Crippen LogP contribution >= 0.6 is 0 Å². The first-order valence-corrected chi connectivity index (χ1v) is 10.7. The van der Waals surface area contributed by atoms with Gasteiger partial charge in [0.25, 0.3) is 5.69 Å². The summed E-state index contributed by atoms with van der Waals surface area (Å²) in [5, 5.41) is 23.5. The fourth-order valence-corrected chi connectivity index (χ4v) is 5.08. The summed E-state index contributed by atoms with van der Waals surface area (Å²) >= 11 is 0. The number of hydrogen-bond donors (Lipinski definition) is 1. The highest BCUT2D eigenvalue weighted by molar-refractivity contribution is 5.82. The molecule has 1 aromatic heterocycles. The molecule has 0 radical (unpaired) electrons. The first kappa shape index (κ1) is 20.6. The molecule has 2 aromatic carbocycles. The molecule has 1 N–H and O–H groups in total. The lowest BCUT2D eigenvalue weighted by molar-refractivity contribution is -0.385. The Morgan fingerprint density at radius 3 is 2.88 bits per heavy atom. The molecule has 3 saturated heterocycles. The monoisotopic (exact) mass is 431 g/mol. The van der Waals surface area contributed by atoms with Crippen LogP contribution in [0, 0.1) is 39.6 Å². The third-order valence-corrected chi connectivity index (χ3v) is 6.72. The molecule has 6 rings (SSSR count). The van der Waals surface area contributed by atoms with Gasteiger partial charge in [-0.2, -0.15) is 0 Å². The minimum atomic E-state index is -0.648. The van der Waals surface area contributed by atoms with Crippen LogP contribution in [-0.2, 0) is 0 Å². The normalized spacial score (nSPS) is 25.2. The predicted molar refractivity (Wildman–Crippen MR) is 118 cm³/mol. The van der Waals surface area contributed by atoms with Gasteiger partial charge in [0.2, 0.25) is 0 Å². The average molecular weight is 431 g/mol. The van der Waals surface area contributed by atoms with Gasteiger partial charge in [0.05, 0.1) is 22.6 Å². The van der Waals surface area contributed by atoms with Crippen molar-refractivity contribution in [3.8, 4) is 11.8 Å². The van der Waals surface area contributed by atoms with E-state index in [-0.39, 0.29) is 23.2 Å². The van der Waals surface area contributed by atoms with Crippen molar-refractivity contribution in [3.05, 3.63) is 81.8 Å². The van der Waals surface area contributed by atoms with Gasteiger partial charge in [0.1, 0.15) is 11.4 Å². The van der Waals surface area contributed by atoms with E-state index >= 15 is 0 Å². The van der Waals surface area contributed by atoms with E-state index in [1.807, 2.05) is 30.3 Å². The van der Waals surface area contributed by atoms with E-state index < -0.39 is 16.8 Å². The summed E-state index contributed by atoms with van der Waals surface area (Å²) in [6.07, 6.45) is 2.90. The number of aliphatic hydroxyl groups excluding tert-OH is 1. The number of aliphatic hydroxyl groups is 1. The number of hydrogen-bond acceptors (Lipinski definition) is 5. The Morgan fingerprint density at radius 2 is 2.09 bits per heavy atom. The maximum atomic E-state index is 13.4. The van der Waals surface area contributed by atoms with Crippen molar-refractivity contribution in [1.29, 1.82) is 0 Å². The van der Waals surface area contributed by atoms with E-state index in [0.29, 0.717) is 12.5 Å².